The number of ether oxygens (including phenoxy) is 2. The molecular formula is C16H25NO3. The van der Waals surface area contributed by atoms with Crippen molar-refractivity contribution in [3.8, 4) is 5.75 Å². The topological polar surface area (TPSA) is 50.7 Å². The molecule has 1 saturated heterocycles. The van der Waals surface area contributed by atoms with Gasteiger partial charge in [0.1, 0.15) is 5.75 Å². The lowest BCUT2D eigenvalue weighted by Crippen LogP contribution is -2.46. The highest BCUT2D eigenvalue weighted by molar-refractivity contribution is 5.37. The molecular weight excluding hydrogens is 254 g/mol. The van der Waals surface area contributed by atoms with Crippen LogP contribution in [0.2, 0.25) is 0 Å². The molecule has 2 unspecified atom stereocenters. The molecule has 1 aromatic carbocycles. The minimum absolute atomic E-state index is 0.217. The Bertz CT molecular complexity index is 439. The van der Waals surface area contributed by atoms with Gasteiger partial charge < -0.3 is 19.9 Å². The lowest BCUT2D eigenvalue weighted by molar-refractivity contribution is 0.00621. The van der Waals surface area contributed by atoms with E-state index in [1.54, 1.807) is 7.11 Å². The van der Waals surface area contributed by atoms with Crippen molar-refractivity contribution >= 4 is 0 Å². The van der Waals surface area contributed by atoms with Crippen LogP contribution < -0.4 is 10.1 Å². The van der Waals surface area contributed by atoms with Gasteiger partial charge in [0.15, 0.2) is 0 Å². The van der Waals surface area contributed by atoms with Gasteiger partial charge in [0, 0.05) is 19.0 Å². The van der Waals surface area contributed by atoms with E-state index in [2.05, 4.69) is 11.4 Å². The molecule has 4 heteroatoms. The fourth-order valence-electron chi connectivity index (χ4n) is 2.81. The summed E-state index contributed by atoms with van der Waals surface area (Å²) in [5, 5.41) is 14.1. The summed E-state index contributed by atoms with van der Waals surface area (Å²) in [5.41, 5.74) is 1.45. The average molecular weight is 279 g/mol. The first-order chi connectivity index (χ1) is 9.50. The minimum atomic E-state index is -0.778. The number of aryl methyl sites for hydroxylation is 1. The van der Waals surface area contributed by atoms with Gasteiger partial charge >= 0.3 is 0 Å². The molecule has 20 heavy (non-hydrogen) atoms. The summed E-state index contributed by atoms with van der Waals surface area (Å²) in [5.74, 6) is 0.837. The van der Waals surface area contributed by atoms with Crippen molar-refractivity contribution < 1.29 is 14.6 Å². The van der Waals surface area contributed by atoms with Crippen LogP contribution in [0, 0.1) is 6.92 Å². The third-order valence-electron chi connectivity index (χ3n) is 3.69. The van der Waals surface area contributed by atoms with Gasteiger partial charge in [-0.15, -0.1) is 0 Å². The zero-order valence-corrected chi connectivity index (χ0v) is 12.6. The first-order valence-electron chi connectivity index (χ1n) is 7.17. The van der Waals surface area contributed by atoms with Crippen molar-refractivity contribution in [1.82, 2.24) is 5.32 Å². The normalized spacial score (nSPS) is 22.3. The Balaban J connectivity index is 2.04. The van der Waals surface area contributed by atoms with Gasteiger partial charge in [-0.2, -0.15) is 0 Å². The van der Waals surface area contributed by atoms with Crippen LogP contribution in [0.5, 0.6) is 5.75 Å². The molecule has 1 aliphatic heterocycles. The average Bonchev–Trinajstić information content (AvgIpc) is 2.39. The zero-order valence-electron chi connectivity index (χ0n) is 12.6. The highest BCUT2D eigenvalue weighted by atomic mass is 16.5. The lowest BCUT2D eigenvalue weighted by atomic mass is 9.89. The van der Waals surface area contributed by atoms with Crippen molar-refractivity contribution in [3.63, 3.8) is 0 Å². The van der Waals surface area contributed by atoms with Crippen molar-refractivity contribution in [2.75, 3.05) is 26.9 Å². The first kappa shape index (κ1) is 15.3. The van der Waals surface area contributed by atoms with E-state index in [1.807, 2.05) is 26.0 Å². The predicted molar refractivity (Wildman–Crippen MR) is 79.3 cm³/mol. The molecule has 1 aliphatic rings. The van der Waals surface area contributed by atoms with Gasteiger partial charge in [0.25, 0.3) is 0 Å². The third-order valence-corrected chi connectivity index (χ3v) is 3.69. The van der Waals surface area contributed by atoms with Crippen molar-refractivity contribution in [3.05, 3.63) is 29.3 Å². The van der Waals surface area contributed by atoms with Crippen LogP contribution in [0.15, 0.2) is 18.2 Å². The molecule has 0 aliphatic carbocycles. The SMILES string of the molecule is COc1ccc(C)cc1CC(C)(O)CC1COCCN1. The van der Waals surface area contributed by atoms with Crippen LogP contribution in [0.1, 0.15) is 24.5 Å². The van der Waals surface area contributed by atoms with E-state index in [0.29, 0.717) is 19.4 Å². The van der Waals surface area contributed by atoms with Crippen molar-refractivity contribution in [2.45, 2.75) is 38.3 Å². The van der Waals surface area contributed by atoms with E-state index in [1.165, 1.54) is 5.56 Å². The van der Waals surface area contributed by atoms with E-state index >= 15 is 0 Å². The van der Waals surface area contributed by atoms with E-state index in [-0.39, 0.29) is 6.04 Å². The van der Waals surface area contributed by atoms with Crippen LogP contribution >= 0.6 is 0 Å². The summed E-state index contributed by atoms with van der Waals surface area (Å²) in [4.78, 5) is 0. The summed E-state index contributed by atoms with van der Waals surface area (Å²) in [6.45, 7) is 6.21. The number of hydrogen-bond acceptors (Lipinski definition) is 4. The molecule has 2 rings (SSSR count). The zero-order chi connectivity index (χ0) is 14.6. The van der Waals surface area contributed by atoms with Crippen LogP contribution in [0.25, 0.3) is 0 Å². The Morgan fingerprint density at radius 3 is 2.95 bits per heavy atom. The van der Waals surface area contributed by atoms with E-state index in [4.69, 9.17) is 9.47 Å². The summed E-state index contributed by atoms with van der Waals surface area (Å²) >= 11 is 0. The van der Waals surface area contributed by atoms with Crippen LogP contribution in [0.3, 0.4) is 0 Å². The van der Waals surface area contributed by atoms with E-state index < -0.39 is 5.60 Å². The standard InChI is InChI=1S/C16H25NO3/c1-12-4-5-15(19-3)13(8-12)9-16(2,18)10-14-11-20-7-6-17-14/h4-5,8,14,17-18H,6-7,9-11H2,1-3H3. The fraction of sp³-hybridized carbons (Fsp3) is 0.625. The first-order valence-corrected chi connectivity index (χ1v) is 7.17. The summed E-state index contributed by atoms with van der Waals surface area (Å²) < 4.78 is 10.8. The van der Waals surface area contributed by atoms with Crippen LogP contribution in [0.4, 0.5) is 0 Å². The van der Waals surface area contributed by atoms with Gasteiger partial charge in [-0.05, 0) is 31.9 Å². The van der Waals surface area contributed by atoms with Crippen molar-refractivity contribution in [2.24, 2.45) is 0 Å². The number of morpholine rings is 1. The molecule has 0 bridgehead atoms. The maximum Gasteiger partial charge on any atom is 0.122 e. The molecule has 0 radical (unpaired) electrons. The molecule has 1 fully saturated rings. The highest BCUT2D eigenvalue weighted by Gasteiger charge is 2.28. The molecule has 0 aromatic heterocycles. The summed E-state index contributed by atoms with van der Waals surface area (Å²) in [7, 11) is 1.67. The van der Waals surface area contributed by atoms with Crippen LogP contribution in [-0.2, 0) is 11.2 Å². The Labute approximate surface area is 121 Å². The number of hydrogen-bond donors (Lipinski definition) is 2. The molecule has 2 atom stereocenters. The minimum Gasteiger partial charge on any atom is -0.496 e. The van der Waals surface area contributed by atoms with Gasteiger partial charge in [0.05, 0.1) is 25.9 Å². The van der Waals surface area contributed by atoms with Gasteiger partial charge in [-0.3, -0.25) is 0 Å². The molecule has 0 amide bonds. The van der Waals surface area contributed by atoms with Gasteiger partial charge in [0.2, 0.25) is 0 Å². The largest absolute Gasteiger partial charge is 0.496 e. The number of aliphatic hydroxyl groups is 1. The van der Waals surface area contributed by atoms with Gasteiger partial charge in [-0.25, -0.2) is 0 Å². The molecule has 0 saturated carbocycles. The molecule has 112 valence electrons. The van der Waals surface area contributed by atoms with E-state index in [9.17, 15) is 5.11 Å². The Hall–Kier alpha value is -1.10. The van der Waals surface area contributed by atoms with E-state index in [0.717, 1.165) is 24.5 Å². The summed E-state index contributed by atoms with van der Waals surface area (Å²) in [6, 6.07) is 6.28. The molecule has 1 heterocycles. The highest BCUT2D eigenvalue weighted by Crippen LogP contribution is 2.27. The van der Waals surface area contributed by atoms with Gasteiger partial charge in [-0.1, -0.05) is 17.7 Å². The monoisotopic (exact) mass is 279 g/mol. The molecule has 1 aromatic rings. The second kappa shape index (κ2) is 6.57. The molecule has 4 nitrogen and oxygen atoms in total. The quantitative estimate of drug-likeness (QED) is 0.861. The smallest absolute Gasteiger partial charge is 0.122 e. The predicted octanol–water partition coefficient (Wildman–Crippen LogP) is 1.68. The Morgan fingerprint density at radius 2 is 2.30 bits per heavy atom. The number of benzene rings is 1. The summed E-state index contributed by atoms with van der Waals surface area (Å²) in [6.07, 6.45) is 1.25. The maximum atomic E-state index is 10.7. The Kier molecular flexibility index (Phi) is 5.02. The second-order valence-corrected chi connectivity index (χ2v) is 5.92. The number of nitrogens with one attached hydrogen (secondary N) is 1. The third kappa shape index (κ3) is 4.20. The van der Waals surface area contributed by atoms with Crippen LogP contribution in [-0.4, -0.2) is 43.6 Å². The van der Waals surface area contributed by atoms with Crippen molar-refractivity contribution in [1.29, 1.82) is 0 Å². The number of rotatable bonds is 5. The maximum absolute atomic E-state index is 10.7. The molecule has 2 N–H and O–H groups in total. The fourth-order valence-corrected chi connectivity index (χ4v) is 2.81. The second-order valence-electron chi connectivity index (χ2n) is 5.92. The lowest BCUT2D eigenvalue weighted by Gasteiger charge is -2.32. The Morgan fingerprint density at radius 1 is 1.50 bits per heavy atom. The molecule has 0 spiro atoms. The number of methoxy groups -OCH3 is 1.